The first-order valence-corrected chi connectivity index (χ1v) is 11.0. The summed E-state index contributed by atoms with van der Waals surface area (Å²) in [5.41, 5.74) is 5.19. The summed E-state index contributed by atoms with van der Waals surface area (Å²) < 4.78 is 1.09. The van der Waals surface area contributed by atoms with E-state index in [0.29, 0.717) is 16.3 Å². The van der Waals surface area contributed by atoms with E-state index in [9.17, 15) is 4.79 Å². The monoisotopic (exact) mass is 440 g/mol. The largest absolute Gasteiger partial charge is 0.321 e. The lowest BCUT2D eigenvalue weighted by Crippen LogP contribution is -2.12. The van der Waals surface area contributed by atoms with Gasteiger partial charge in [0.05, 0.1) is 15.9 Å². The molecule has 4 aromatic carbocycles. The topological polar surface area (TPSA) is 42.0 Å². The first-order chi connectivity index (χ1) is 15.2. The number of hydrogen-bond acceptors (Lipinski definition) is 3. The van der Waals surface area contributed by atoms with Gasteiger partial charge in [0.2, 0.25) is 0 Å². The Hall–Kier alpha value is -3.47. The number of amides is 1. The van der Waals surface area contributed by atoms with Crippen LogP contribution in [0, 0.1) is 0 Å². The Balaban J connectivity index is 1.44. The van der Waals surface area contributed by atoms with E-state index in [4.69, 9.17) is 16.6 Å². The van der Waals surface area contributed by atoms with Gasteiger partial charge in [0.1, 0.15) is 5.01 Å². The van der Waals surface area contributed by atoms with E-state index in [1.54, 1.807) is 17.4 Å². The number of thiazole rings is 1. The molecule has 0 fully saturated rings. The van der Waals surface area contributed by atoms with E-state index < -0.39 is 0 Å². The number of carbonyl (C=O) groups excluding carboxylic acids is 1. The Labute approximate surface area is 189 Å². The van der Waals surface area contributed by atoms with E-state index >= 15 is 0 Å². The molecule has 0 unspecified atom stereocenters. The zero-order chi connectivity index (χ0) is 21.2. The van der Waals surface area contributed by atoms with Crippen molar-refractivity contribution in [2.45, 2.75) is 0 Å². The molecule has 0 aliphatic carbocycles. The van der Waals surface area contributed by atoms with Crippen LogP contribution in [-0.4, -0.2) is 10.9 Å². The summed E-state index contributed by atoms with van der Waals surface area (Å²) in [6.45, 7) is 0. The van der Waals surface area contributed by atoms with Crippen LogP contribution in [0.2, 0.25) is 5.02 Å². The minimum atomic E-state index is -0.177. The van der Waals surface area contributed by atoms with Crippen molar-refractivity contribution in [3.8, 4) is 21.7 Å². The van der Waals surface area contributed by atoms with Crippen LogP contribution in [0.5, 0.6) is 0 Å². The Morgan fingerprint density at radius 3 is 2.29 bits per heavy atom. The molecule has 0 spiro atoms. The van der Waals surface area contributed by atoms with E-state index in [-0.39, 0.29) is 5.91 Å². The molecule has 0 aliphatic heterocycles. The first kappa shape index (κ1) is 19.5. The zero-order valence-electron chi connectivity index (χ0n) is 16.4. The highest BCUT2D eigenvalue weighted by Crippen LogP contribution is 2.36. The van der Waals surface area contributed by atoms with Crippen LogP contribution < -0.4 is 5.32 Å². The fourth-order valence-corrected chi connectivity index (χ4v) is 4.60. The van der Waals surface area contributed by atoms with E-state index in [1.165, 1.54) is 0 Å². The molecule has 0 atom stereocenters. The number of hydrogen-bond donors (Lipinski definition) is 1. The van der Waals surface area contributed by atoms with Gasteiger partial charge in [0.15, 0.2) is 0 Å². The molecule has 3 nitrogen and oxygen atoms in total. The highest BCUT2D eigenvalue weighted by molar-refractivity contribution is 7.21. The molecule has 1 heterocycles. The second kappa shape index (κ2) is 8.34. The normalized spacial score (nSPS) is 10.9. The summed E-state index contributed by atoms with van der Waals surface area (Å²) in [5, 5.41) is 4.44. The molecule has 31 heavy (non-hydrogen) atoms. The Morgan fingerprint density at radius 1 is 0.806 bits per heavy atom. The lowest BCUT2D eigenvalue weighted by molar-refractivity contribution is 0.102. The lowest BCUT2D eigenvalue weighted by Gasteiger charge is -2.11. The predicted octanol–water partition coefficient (Wildman–Crippen LogP) is 7.54. The summed E-state index contributed by atoms with van der Waals surface area (Å²) in [4.78, 5) is 17.7. The molecule has 0 saturated carbocycles. The highest BCUT2D eigenvalue weighted by Gasteiger charge is 2.14. The van der Waals surface area contributed by atoms with Gasteiger partial charge >= 0.3 is 0 Å². The molecule has 5 rings (SSSR count). The van der Waals surface area contributed by atoms with Crippen molar-refractivity contribution in [2.75, 3.05) is 5.32 Å². The van der Waals surface area contributed by atoms with Crippen LogP contribution >= 0.6 is 22.9 Å². The molecule has 0 radical (unpaired) electrons. The molecule has 1 aromatic heterocycles. The second-order valence-electron chi connectivity index (χ2n) is 7.07. The van der Waals surface area contributed by atoms with E-state index in [1.807, 2.05) is 91.0 Å². The average molecular weight is 441 g/mol. The maximum Gasteiger partial charge on any atom is 0.255 e. The molecule has 0 bridgehead atoms. The molecule has 150 valence electrons. The van der Waals surface area contributed by atoms with Crippen molar-refractivity contribution in [1.82, 2.24) is 4.98 Å². The molecule has 0 aliphatic rings. The maximum atomic E-state index is 12.9. The molecule has 0 saturated heterocycles. The Morgan fingerprint density at radius 2 is 1.52 bits per heavy atom. The minimum Gasteiger partial charge on any atom is -0.321 e. The Bertz CT molecular complexity index is 1340. The molecular weight excluding hydrogens is 424 g/mol. The number of nitrogens with zero attached hydrogens (tertiary/aromatic N) is 1. The number of aromatic nitrogens is 1. The predicted molar refractivity (Wildman–Crippen MR) is 130 cm³/mol. The van der Waals surface area contributed by atoms with Gasteiger partial charge in [-0.2, -0.15) is 0 Å². The van der Waals surface area contributed by atoms with Crippen LogP contribution in [-0.2, 0) is 0 Å². The van der Waals surface area contributed by atoms with Crippen molar-refractivity contribution >= 4 is 44.7 Å². The number of fused-ring (bicyclic) bond motifs is 1. The van der Waals surface area contributed by atoms with Crippen LogP contribution in [0.15, 0.2) is 97.1 Å². The van der Waals surface area contributed by atoms with Crippen molar-refractivity contribution in [3.63, 3.8) is 0 Å². The Kier molecular flexibility index (Phi) is 5.24. The van der Waals surface area contributed by atoms with Gasteiger partial charge in [0.25, 0.3) is 5.91 Å². The molecule has 5 aromatic rings. The zero-order valence-corrected chi connectivity index (χ0v) is 18.0. The number of anilines is 1. The van der Waals surface area contributed by atoms with Crippen molar-refractivity contribution < 1.29 is 4.79 Å². The summed E-state index contributed by atoms with van der Waals surface area (Å²) >= 11 is 7.83. The number of halogens is 1. The van der Waals surface area contributed by atoms with Crippen LogP contribution in [0.3, 0.4) is 0 Å². The summed E-state index contributed by atoms with van der Waals surface area (Å²) in [7, 11) is 0. The first-order valence-electron chi connectivity index (χ1n) is 9.80. The van der Waals surface area contributed by atoms with Gasteiger partial charge < -0.3 is 5.32 Å². The van der Waals surface area contributed by atoms with Gasteiger partial charge in [-0.05, 0) is 53.6 Å². The smallest absolute Gasteiger partial charge is 0.255 e. The maximum absolute atomic E-state index is 12.9. The molecule has 1 N–H and O–H groups in total. The lowest BCUT2D eigenvalue weighted by atomic mass is 10.0. The quantitative estimate of drug-likeness (QED) is 0.313. The van der Waals surface area contributed by atoms with Crippen LogP contribution in [0.1, 0.15) is 10.4 Å². The molecule has 1 amide bonds. The van der Waals surface area contributed by atoms with Crippen LogP contribution in [0.4, 0.5) is 5.69 Å². The third kappa shape index (κ3) is 4.08. The molecule has 5 heteroatoms. The van der Waals surface area contributed by atoms with Gasteiger partial charge in [-0.25, -0.2) is 4.98 Å². The minimum absolute atomic E-state index is 0.177. The highest BCUT2D eigenvalue weighted by atomic mass is 35.5. The summed E-state index contributed by atoms with van der Waals surface area (Å²) in [6, 6.07) is 31.1. The van der Waals surface area contributed by atoms with Crippen molar-refractivity contribution in [2.24, 2.45) is 0 Å². The number of benzene rings is 4. The summed E-state index contributed by atoms with van der Waals surface area (Å²) in [5.74, 6) is -0.177. The van der Waals surface area contributed by atoms with Crippen molar-refractivity contribution in [1.29, 1.82) is 0 Å². The summed E-state index contributed by atoms with van der Waals surface area (Å²) in [6.07, 6.45) is 0. The van der Waals surface area contributed by atoms with E-state index in [2.05, 4.69) is 5.32 Å². The van der Waals surface area contributed by atoms with Gasteiger partial charge in [-0.15, -0.1) is 11.3 Å². The fraction of sp³-hybridized carbons (Fsp3) is 0. The average Bonchev–Trinajstić information content (AvgIpc) is 3.25. The SMILES string of the molecule is O=C(Nc1ccc(Cl)cc1-c1nc2ccccc2s1)c1ccc(-c2ccccc2)cc1. The number of rotatable bonds is 4. The van der Waals surface area contributed by atoms with E-state index in [0.717, 1.165) is 31.9 Å². The van der Waals surface area contributed by atoms with Crippen LogP contribution in [0.25, 0.3) is 31.9 Å². The van der Waals surface area contributed by atoms with Gasteiger partial charge in [-0.3, -0.25) is 4.79 Å². The fourth-order valence-electron chi connectivity index (χ4n) is 3.43. The van der Waals surface area contributed by atoms with Gasteiger partial charge in [-0.1, -0.05) is 66.2 Å². The second-order valence-corrected chi connectivity index (χ2v) is 8.54. The number of carbonyl (C=O) groups is 1. The van der Waals surface area contributed by atoms with Gasteiger partial charge in [0, 0.05) is 16.1 Å². The molecular formula is C26H17ClN2OS. The standard InChI is InChI=1S/C26H17ClN2OS/c27-20-14-15-22(21(16-20)26-29-23-8-4-5-9-24(23)31-26)28-25(30)19-12-10-18(11-13-19)17-6-2-1-3-7-17/h1-16H,(H,28,30). The van der Waals surface area contributed by atoms with Crippen molar-refractivity contribution in [3.05, 3.63) is 108 Å². The number of para-hydroxylation sites is 1. The third-order valence-corrected chi connectivity index (χ3v) is 6.31. The third-order valence-electron chi connectivity index (χ3n) is 5.01. The number of nitrogens with one attached hydrogen (secondary N) is 1.